The molecule has 1 unspecified atom stereocenters. The van der Waals surface area contributed by atoms with Gasteiger partial charge in [0.05, 0.1) is 11.3 Å². The third kappa shape index (κ3) is 4.59. The smallest absolute Gasteiger partial charge is 0.307 e. The molecule has 6 aromatic rings. The van der Waals surface area contributed by atoms with Crippen molar-refractivity contribution in [2.24, 2.45) is 5.92 Å². The zero-order valence-corrected chi connectivity index (χ0v) is 24.4. The number of carboxylic acids is 1. The van der Waals surface area contributed by atoms with Crippen LogP contribution in [-0.4, -0.2) is 35.6 Å². The van der Waals surface area contributed by atoms with E-state index < -0.39 is 11.4 Å². The lowest BCUT2D eigenvalue weighted by atomic mass is 9.68. The number of piperidine rings is 1. The number of aliphatic carboxylic acids is 1. The largest absolute Gasteiger partial charge is 0.481 e. The van der Waals surface area contributed by atoms with Crippen molar-refractivity contribution in [2.75, 3.05) is 19.6 Å². The van der Waals surface area contributed by atoms with Crippen LogP contribution >= 0.6 is 34.0 Å². The zero-order valence-electron chi connectivity index (χ0n) is 22.0. The molecule has 1 N–H and O–H groups in total. The molecule has 3 aromatic heterocycles. The first kappa shape index (κ1) is 25.7. The van der Waals surface area contributed by atoms with E-state index in [0.717, 1.165) is 25.9 Å². The second kappa shape index (κ2) is 10.6. The van der Waals surface area contributed by atoms with Gasteiger partial charge in [-0.3, -0.25) is 9.69 Å². The number of benzene rings is 3. The maximum Gasteiger partial charge on any atom is 0.307 e. The molecular weight excluding hydrogens is 551 g/mol. The number of hydrogen-bond acceptors (Lipinski definition) is 5. The van der Waals surface area contributed by atoms with Crippen molar-refractivity contribution in [3.8, 4) is 0 Å². The average Bonchev–Trinajstić information content (AvgIpc) is 3.75. The van der Waals surface area contributed by atoms with Crippen LogP contribution in [0.3, 0.4) is 0 Å². The summed E-state index contributed by atoms with van der Waals surface area (Å²) in [6.45, 7) is 2.27. The highest BCUT2D eigenvalue weighted by Crippen LogP contribution is 2.44. The fraction of sp³-hybridized carbons (Fsp3) is 0.206. The van der Waals surface area contributed by atoms with E-state index in [1.807, 2.05) is 0 Å². The molecule has 40 heavy (non-hydrogen) atoms. The highest BCUT2D eigenvalue weighted by Gasteiger charge is 2.35. The monoisotopic (exact) mass is 579 g/mol. The number of hydrogen-bond donors (Lipinski definition) is 1. The Morgan fingerprint density at radius 1 is 0.800 bits per heavy atom. The fourth-order valence-electron chi connectivity index (χ4n) is 6.23. The molecule has 0 amide bonds. The van der Waals surface area contributed by atoms with E-state index in [9.17, 15) is 9.90 Å². The Morgan fingerprint density at radius 2 is 1.30 bits per heavy atom. The molecule has 6 heteroatoms. The lowest BCUT2D eigenvalue weighted by Crippen LogP contribution is -2.38. The highest BCUT2D eigenvalue weighted by atomic mass is 32.1. The van der Waals surface area contributed by atoms with Gasteiger partial charge in [0.2, 0.25) is 0 Å². The average molecular weight is 580 g/mol. The van der Waals surface area contributed by atoms with Crippen molar-refractivity contribution >= 4 is 70.2 Å². The lowest BCUT2D eigenvalue weighted by molar-refractivity contribution is -0.143. The topological polar surface area (TPSA) is 40.5 Å². The number of likely N-dealkylation sites (tertiary alicyclic amines) is 1. The number of rotatable bonds is 7. The standard InChI is InChI=1S/C34H29NO2S3/c36-33(37)26-3-1-14-35(22-26)15-2-13-34(27-4-7-30-23(19-27)10-16-38-30,28-5-8-31-24(20-28)11-17-39-31)29-6-9-32-25(21-29)12-18-40-32/h2,4-13,16-21,26H,1,3,14-15,22H2,(H,36,37)/b13-2+. The predicted molar refractivity (Wildman–Crippen MR) is 171 cm³/mol. The third-order valence-electron chi connectivity index (χ3n) is 8.31. The van der Waals surface area contributed by atoms with E-state index in [1.165, 1.54) is 46.9 Å². The van der Waals surface area contributed by atoms with Crippen molar-refractivity contribution in [3.63, 3.8) is 0 Å². The Morgan fingerprint density at radius 3 is 1.77 bits per heavy atom. The van der Waals surface area contributed by atoms with E-state index in [4.69, 9.17) is 0 Å². The van der Waals surface area contributed by atoms with E-state index >= 15 is 0 Å². The van der Waals surface area contributed by atoms with Gasteiger partial charge in [-0.1, -0.05) is 30.4 Å². The Balaban J connectivity index is 1.42. The van der Waals surface area contributed by atoms with Gasteiger partial charge in [0.15, 0.2) is 0 Å². The normalized spacial score (nSPS) is 16.9. The molecule has 1 aliphatic heterocycles. The number of fused-ring (bicyclic) bond motifs is 3. The van der Waals surface area contributed by atoms with Gasteiger partial charge in [-0.2, -0.15) is 0 Å². The zero-order chi connectivity index (χ0) is 27.1. The van der Waals surface area contributed by atoms with Gasteiger partial charge in [0.25, 0.3) is 0 Å². The maximum absolute atomic E-state index is 11.7. The van der Waals surface area contributed by atoms with Crippen LogP contribution in [0.25, 0.3) is 30.3 Å². The molecule has 200 valence electrons. The fourth-order valence-corrected chi connectivity index (χ4v) is 8.54. The van der Waals surface area contributed by atoms with Gasteiger partial charge in [-0.05, 0) is 123 Å². The van der Waals surface area contributed by atoms with Crippen LogP contribution in [0, 0.1) is 5.92 Å². The lowest BCUT2D eigenvalue weighted by Gasteiger charge is -2.34. The minimum atomic E-state index is -0.680. The van der Waals surface area contributed by atoms with Crippen molar-refractivity contribution in [1.82, 2.24) is 4.90 Å². The first-order valence-electron chi connectivity index (χ1n) is 13.7. The number of allylic oxidation sites excluding steroid dienone is 1. The number of nitrogens with zero attached hydrogens (tertiary/aromatic N) is 1. The van der Waals surface area contributed by atoms with E-state index in [1.54, 1.807) is 34.0 Å². The minimum absolute atomic E-state index is 0.282. The summed E-state index contributed by atoms with van der Waals surface area (Å²) in [6, 6.07) is 27.3. The first-order valence-corrected chi connectivity index (χ1v) is 16.3. The first-order chi connectivity index (χ1) is 19.6. The molecule has 1 atom stereocenters. The van der Waals surface area contributed by atoms with Gasteiger partial charge < -0.3 is 5.11 Å². The summed E-state index contributed by atoms with van der Waals surface area (Å²) in [5, 5.41) is 19.9. The Kier molecular flexibility index (Phi) is 6.80. The second-order valence-electron chi connectivity index (χ2n) is 10.7. The van der Waals surface area contributed by atoms with Gasteiger partial charge in [-0.25, -0.2) is 0 Å². The molecule has 3 nitrogen and oxygen atoms in total. The van der Waals surface area contributed by atoms with Crippen LogP contribution in [-0.2, 0) is 10.2 Å². The van der Waals surface area contributed by atoms with Crippen molar-refractivity contribution in [1.29, 1.82) is 0 Å². The minimum Gasteiger partial charge on any atom is -0.481 e. The highest BCUT2D eigenvalue weighted by molar-refractivity contribution is 7.17. The van der Waals surface area contributed by atoms with Crippen LogP contribution in [0.4, 0.5) is 0 Å². The van der Waals surface area contributed by atoms with Gasteiger partial charge in [0.1, 0.15) is 0 Å². The Labute approximate surface area is 245 Å². The summed E-state index contributed by atoms with van der Waals surface area (Å²) < 4.78 is 3.86. The molecule has 0 radical (unpaired) electrons. The van der Waals surface area contributed by atoms with E-state index in [-0.39, 0.29) is 5.92 Å². The molecular formula is C34H29NO2S3. The predicted octanol–water partition coefficient (Wildman–Crippen LogP) is 9.02. The summed E-state index contributed by atoms with van der Waals surface area (Å²) in [4.78, 5) is 14.0. The molecule has 0 bridgehead atoms. The van der Waals surface area contributed by atoms with Crippen LogP contribution < -0.4 is 0 Å². The third-order valence-corrected chi connectivity index (χ3v) is 11.0. The van der Waals surface area contributed by atoms with Crippen LogP contribution in [0.2, 0.25) is 0 Å². The molecule has 1 saturated heterocycles. The quantitative estimate of drug-likeness (QED) is 0.152. The molecule has 0 spiro atoms. The van der Waals surface area contributed by atoms with Gasteiger partial charge in [-0.15, -0.1) is 34.0 Å². The SMILES string of the molecule is O=C(O)C1CCCN(C/C=C/C(c2ccc3sccc3c2)(c2ccc3sccc3c2)c2ccc3sccc3c2)C1. The number of carbonyl (C=O) groups is 1. The van der Waals surface area contributed by atoms with Crippen molar-refractivity contribution in [2.45, 2.75) is 18.3 Å². The summed E-state index contributed by atoms with van der Waals surface area (Å²) in [6.07, 6.45) is 6.35. The summed E-state index contributed by atoms with van der Waals surface area (Å²) in [7, 11) is 0. The van der Waals surface area contributed by atoms with Crippen LogP contribution in [0.5, 0.6) is 0 Å². The Hall–Kier alpha value is -3.29. The second-order valence-corrected chi connectivity index (χ2v) is 13.5. The van der Waals surface area contributed by atoms with Gasteiger partial charge in [0, 0.05) is 27.2 Å². The van der Waals surface area contributed by atoms with Crippen molar-refractivity contribution in [3.05, 3.63) is 118 Å². The van der Waals surface area contributed by atoms with Crippen molar-refractivity contribution < 1.29 is 9.90 Å². The molecule has 0 aliphatic carbocycles. The van der Waals surface area contributed by atoms with Crippen LogP contribution in [0.15, 0.2) is 101 Å². The number of carboxylic acid groups (broad SMARTS) is 1. The summed E-state index contributed by atoms with van der Waals surface area (Å²) in [5.74, 6) is -0.963. The molecule has 1 aliphatic rings. The van der Waals surface area contributed by atoms with E-state index in [0.29, 0.717) is 6.54 Å². The van der Waals surface area contributed by atoms with Crippen LogP contribution in [0.1, 0.15) is 29.5 Å². The Bertz CT molecular complexity index is 1680. The van der Waals surface area contributed by atoms with E-state index in [2.05, 4.69) is 106 Å². The molecule has 7 rings (SSSR count). The molecule has 1 fully saturated rings. The number of thiophene rings is 3. The van der Waals surface area contributed by atoms with Gasteiger partial charge >= 0.3 is 5.97 Å². The molecule has 3 aromatic carbocycles. The summed E-state index contributed by atoms with van der Waals surface area (Å²) in [5.41, 5.74) is 3.20. The maximum atomic E-state index is 11.7. The molecule has 0 saturated carbocycles. The summed E-state index contributed by atoms with van der Waals surface area (Å²) >= 11 is 5.32. The molecule has 4 heterocycles.